The van der Waals surface area contributed by atoms with E-state index in [-0.39, 0.29) is 11.7 Å². The Morgan fingerprint density at radius 2 is 1.79 bits per heavy atom. The fraction of sp³-hybridized carbons (Fsp3) is 0.133. The summed E-state index contributed by atoms with van der Waals surface area (Å²) in [5, 5.41) is 8.58. The Bertz CT molecular complexity index is 605. The molecule has 0 unspecified atom stereocenters. The molecule has 0 spiro atoms. The molecule has 4 heteroatoms. The van der Waals surface area contributed by atoms with Crippen molar-refractivity contribution < 1.29 is 9.13 Å². The van der Waals surface area contributed by atoms with E-state index in [9.17, 15) is 4.39 Å². The molecule has 0 N–H and O–H groups in total. The number of halogens is 2. The van der Waals surface area contributed by atoms with Crippen LogP contribution >= 0.6 is 11.6 Å². The van der Waals surface area contributed by atoms with E-state index in [0.29, 0.717) is 23.5 Å². The van der Waals surface area contributed by atoms with Gasteiger partial charge in [-0.3, -0.25) is 0 Å². The van der Waals surface area contributed by atoms with Gasteiger partial charge in [-0.05, 0) is 35.4 Å². The zero-order chi connectivity index (χ0) is 13.7. The average molecular weight is 276 g/mol. The van der Waals surface area contributed by atoms with E-state index in [2.05, 4.69) is 6.07 Å². The Balaban J connectivity index is 2.16. The van der Waals surface area contributed by atoms with Gasteiger partial charge in [0.1, 0.15) is 17.3 Å². The molecule has 2 rings (SSSR count). The fourth-order valence-corrected chi connectivity index (χ4v) is 1.81. The summed E-state index contributed by atoms with van der Waals surface area (Å²) in [7, 11) is 0. The largest absolute Gasteiger partial charge is 0.457 e. The molecule has 0 saturated carbocycles. The first-order valence-corrected chi connectivity index (χ1v) is 6.24. The number of alkyl halides is 1. The van der Waals surface area contributed by atoms with Crippen LogP contribution in [0.15, 0.2) is 42.5 Å². The summed E-state index contributed by atoms with van der Waals surface area (Å²) >= 11 is 5.68. The minimum atomic E-state index is -0.380. The Hall–Kier alpha value is -2.05. The monoisotopic (exact) mass is 275 g/mol. The molecule has 0 aromatic heterocycles. The number of nitriles is 1. The zero-order valence-corrected chi connectivity index (χ0v) is 10.8. The Morgan fingerprint density at radius 1 is 1.05 bits per heavy atom. The highest BCUT2D eigenvalue weighted by molar-refractivity contribution is 6.17. The van der Waals surface area contributed by atoms with Gasteiger partial charge in [-0.1, -0.05) is 12.1 Å². The lowest BCUT2D eigenvalue weighted by Gasteiger charge is -2.07. The molecule has 0 fully saturated rings. The zero-order valence-electron chi connectivity index (χ0n) is 10.1. The van der Waals surface area contributed by atoms with Crippen molar-refractivity contribution in [2.45, 2.75) is 12.3 Å². The maximum Gasteiger partial charge on any atom is 0.130 e. The number of nitrogens with zero attached hydrogens (tertiary/aromatic N) is 1. The van der Waals surface area contributed by atoms with Gasteiger partial charge in [0.15, 0.2) is 0 Å². The van der Waals surface area contributed by atoms with Crippen molar-refractivity contribution in [2.24, 2.45) is 0 Å². The van der Waals surface area contributed by atoms with Gasteiger partial charge in [-0.25, -0.2) is 4.39 Å². The van der Waals surface area contributed by atoms with Crippen LogP contribution in [-0.4, -0.2) is 0 Å². The molecular weight excluding hydrogens is 265 g/mol. The van der Waals surface area contributed by atoms with E-state index in [1.54, 1.807) is 30.3 Å². The van der Waals surface area contributed by atoms with Crippen LogP contribution in [0.2, 0.25) is 0 Å². The summed E-state index contributed by atoms with van der Waals surface area (Å²) in [5.74, 6) is 0.848. The number of rotatable bonds is 4. The van der Waals surface area contributed by atoms with Gasteiger partial charge in [0.25, 0.3) is 0 Å². The Kier molecular flexibility index (Phi) is 4.38. The Morgan fingerprint density at radius 3 is 2.42 bits per heavy atom. The van der Waals surface area contributed by atoms with Crippen molar-refractivity contribution in [1.29, 1.82) is 5.26 Å². The quantitative estimate of drug-likeness (QED) is 0.774. The number of hydrogen-bond acceptors (Lipinski definition) is 2. The summed E-state index contributed by atoms with van der Waals surface area (Å²) in [6, 6.07) is 13.5. The molecule has 0 saturated heterocycles. The number of hydrogen-bond donors (Lipinski definition) is 0. The molecule has 0 amide bonds. The van der Waals surface area contributed by atoms with E-state index in [1.165, 1.54) is 12.1 Å². The molecule has 0 atom stereocenters. The minimum Gasteiger partial charge on any atom is -0.457 e. The summed E-state index contributed by atoms with van der Waals surface area (Å²) < 4.78 is 18.9. The molecule has 0 radical (unpaired) electrons. The normalized spacial score (nSPS) is 9.95. The van der Waals surface area contributed by atoms with Crippen molar-refractivity contribution in [3.63, 3.8) is 0 Å². The third-order valence-corrected chi connectivity index (χ3v) is 2.84. The van der Waals surface area contributed by atoms with E-state index in [4.69, 9.17) is 21.6 Å². The Labute approximate surface area is 116 Å². The van der Waals surface area contributed by atoms with Gasteiger partial charge in [0.2, 0.25) is 0 Å². The van der Waals surface area contributed by atoms with Gasteiger partial charge in [0.05, 0.1) is 12.5 Å². The average Bonchev–Trinajstić information content (AvgIpc) is 2.40. The highest BCUT2D eigenvalue weighted by atomic mass is 35.5. The van der Waals surface area contributed by atoms with Crippen molar-refractivity contribution in [3.05, 3.63) is 59.4 Å². The third-order valence-electron chi connectivity index (χ3n) is 2.53. The van der Waals surface area contributed by atoms with Crippen molar-refractivity contribution >= 4 is 11.6 Å². The minimum absolute atomic E-state index is 0.231. The molecule has 19 heavy (non-hydrogen) atoms. The molecule has 0 aliphatic carbocycles. The molecule has 0 aliphatic heterocycles. The number of ether oxygens (including phenoxy) is 1. The standard InChI is InChI=1S/C15H11ClFNO/c16-10-12-7-13(17)9-15(8-12)19-14-3-1-11(2-4-14)5-6-18/h1-4,7-9H,5,10H2. The van der Waals surface area contributed by atoms with E-state index >= 15 is 0 Å². The van der Waals surface area contributed by atoms with Crippen LogP contribution in [0.4, 0.5) is 4.39 Å². The van der Waals surface area contributed by atoms with Crippen molar-refractivity contribution in [1.82, 2.24) is 0 Å². The summed E-state index contributed by atoms with van der Waals surface area (Å²) in [4.78, 5) is 0. The first kappa shape index (κ1) is 13.4. The second-order valence-electron chi connectivity index (χ2n) is 4.01. The molecule has 0 heterocycles. The maximum atomic E-state index is 13.3. The van der Waals surface area contributed by atoms with Gasteiger partial charge < -0.3 is 4.74 Å². The lowest BCUT2D eigenvalue weighted by Crippen LogP contribution is -1.89. The number of benzene rings is 2. The highest BCUT2D eigenvalue weighted by Crippen LogP contribution is 2.24. The lowest BCUT2D eigenvalue weighted by atomic mass is 10.1. The van der Waals surface area contributed by atoms with Crippen LogP contribution < -0.4 is 4.74 Å². The van der Waals surface area contributed by atoms with Crippen LogP contribution in [0, 0.1) is 17.1 Å². The molecular formula is C15H11ClFNO. The topological polar surface area (TPSA) is 33.0 Å². The van der Waals surface area contributed by atoms with Crippen LogP contribution in [0.3, 0.4) is 0 Å². The SMILES string of the molecule is N#CCc1ccc(Oc2cc(F)cc(CCl)c2)cc1. The van der Waals surface area contributed by atoms with Crippen molar-refractivity contribution in [3.8, 4) is 17.6 Å². The highest BCUT2D eigenvalue weighted by Gasteiger charge is 2.03. The molecule has 2 nitrogen and oxygen atoms in total. The summed E-state index contributed by atoms with van der Waals surface area (Å²) in [6.07, 6.45) is 0.358. The lowest BCUT2D eigenvalue weighted by molar-refractivity contribution is 0.476. The second-order valence-corrected chi connectivity index (χ2v) is 4.28. The smallest absolute Gasteiger partial charge is 0.130 e. The first-order chi connectivity index (χ1) is 9.21. The molecule has 0 bridgehead atoms. The van der Waals surface area contributed by atoms with Crippen LogP contribution in [0.25, 0.3) is 0 Å². The van der Waals surface area contributed by atoms with Crippen LogP contribution in [-0.2, 0) is 12.3 Å². The third kappa shape index (κ3) is 3.70. The second kappa shape index (κ2) is 6.21. The van der Waals surface area contributed by atoms with Crippen LogP contribution in [0.1, 0.15) is 11.1 Å². The van der Waals surface area contributed by atoms with E-state index < -0.39 is 0 Å². The molecule has 2 aromatic rings. The predicted octanol–water partition coefficient (Wildman–Crippen LogP) is 4.42. The molecule has 0 aliphatic rings. The van der Waals surface area contributed by atoms with Gasteiger partial charge in [0, 0.05) is 11.9 Å². The summed E-state index contributed by atoms with van der Waals surface area (Å²) in [6.45, 7) is 0. The molecule has 2 aromatic carbocycles. The first-order valence-electron chi connectivity index (χ1n) is 5.70. The van der Waals surface area contributed by atoms with Gasteiger partial charge in [-0.2, -0.15) is 5.26 Å². The van der Waals surface area contributed by atoms with Crippen LogP contribution in [0.5, 0.6) is 11.5 Å². The molecule has 96 valence electrons. The van der Waals surface area contributed by atoms with Gasteiger partial charge in [-0.15, -0.1) is 11.6 Å². The van der Waals surface area contributed by atoms with Gasteiger partial charge >= 0.3 is 0 Å². The maximum absolute atomic E-state index is 13.3. The van der Waals surface area contributed by atoms with E-state index in [0.717, 1.165) is 5.56 Å². The summed E-state index contributed by atoms with van der Waals surface area (Å²) in [5.41, 5.74) is 1.58. The van der Waals surface area contributed by atoms with Crippen molar-refractivity contribution in [2.75, 3.05) is 0 Å². The van der Waals surface area contributed by atoms with E-state index in [1.807, 2.05) is 0 Å². The fourth-order valence-electron chi connectivity index (χ4n) is 1.66. The predicted molar refractivity (Wildman–Crippen MR) is 71.8 cm³/mol.